The summed E-state index contributed by atoms with van der Waals surface area (Å²) in [5.41, 5.74) is 4.26. The van der Waals surface area contributed by atoms with E-state index in [2.05, 4.69) is 57.1 Å². The van der Waals surface area contributed by atoms with Gasteiger partial charge in [0.05, 0.1) is 37.7 Å². The number of ether oxygens (including phenoxy) is 2. The molecule has 7 nitrogen and oxygen atoms in total. The van der Waals surface area contributed by atoms with Gasteiger partial charge in [-0.25, -0.2) is 14.4 Å². The topological polar surface area (TPSA) is 61.6 Å². The van der Waals surface area contributed by atoms with Gasteiger partial charge in [-0.2, -0.15) is 0 Å². The highest BCUT2D eigenvalue weighted by molar-refractivity contribution is 6.77. The number of aromatic nitrogens is 3. The van der Waals surface area contributed by atoms with Crippen molar-refractivity contribution >= 4 is 19.9 Å². The maximum absolute atomic E-state index is 14.2. The molecule has 0 amide bonds. The molecule has 0 aliphatic carbocycles. The number of rotatable bonds is 14. The Morgan fingerprint density at radius 3 is 2.33 bits per heavy atom. The second-order valence-electron chi connectivity index (χ2n) is 13.6. The molecule has 3 aromatic rings. The molecule has 4 heterocycles. The van der Waals surface area contributed by atoms with E-state index in [1.807, 2.05) is 18.3 Å². The largest absolute Gasteiger partial charge is 0.473 e. The van der Waals surface area contributed by atoms with Crippen molar-refractivity contribution in [3.8, 4) is 5.88 Å². The quantitative estimate of drug-likeness (QED) is 0.162. The normalized spacial score (nSPS) is 18.2. The minimum Gasteiger partial charge on any atom is -0.473 e. The van der Waals surface area contributed by atoms with Crippen LogP contribution in [0.4, 0.5) is 4.39 Å². The number of halogens is 2. The fraction of sp³-hybridized carbons (Fsp3) is 0.600. The van der Waals surface area contributed by atoms with Gasteiger partial charge in [-0.05, 0) is 67.2 Å². The zero-order chi connectivity index (χ0) is 32.1. The summed E-state index contributed by atoms with van der Waals surface area (Å²) in [6, 6.07) is 10.5. The average Bonchev–Trinajstić information content (AvgIpc) is 3.35. The number of benzene rings is 1. The van der Waals surface area contributed by atoms with Crippen molar-refractivity contribution in [2.75, 3.05) is 19.7 Å². The summed E-state index contributed by atoms with van der Waals surface area (Å²) in [5.74, 6) is 1.59. The lowest BCUT2D eigenvalue weighted by atomic mass is 9.93. The molecule has 0 radical (unpaired) electrons. The SMILES string of the molecule is CC(C)[Si](OCc1cnc(CN2CCC(c3cccc(OCc4ccc(Cl)cc4F)n3)CC2)n1C[C@@H]1CCO1)(C(C)C)C(C)C. The van der Waals surface area contributed by atoms with E-state index in [0.29, 0.717) is 45.6 Å². The van der Waals surface area contributed by atoms with Crippen LogP contribution in [0.1, 0.15) is 89.5 Å². The molecule has 0 bridgehead atoms. The Labute approximate surface area is 274 Å². The third-order valence-corrected chi connectivity index (χ3v) is 16.2. The second kappa shape index (κ2) is 15.1. The van der Waals surface area contributed by atoms with E-state index in [1.165, 1.54) is 6.07 Å². The number of hydrogen-bond acceptors (Lipinski definition) is 6. The summed E-state index contributed by atoms with van der Waals surface area (Å²) in [4.78, 5) is 12.2. The Bertz CT molecular complexity index is 1380. The smallest absolute Gasteiger partial charge is 0.213 e. The number of imidazole rings is 1. The molecule has 2 aliphatic heterocycles. The fourth-order valence-electron chi connectivity index (χ4n) is 7.37. The van der Waals surface area contributed by atoms with Crippen LogP contribution in [0.15, 0.2) is 42.6 Å². The molecular formula is C35H50ClFN4O3Si. The molecule has 45 heavy (non-hydrogen) atoms. The molecule has 2 fully saturated rings. The van der Waals surface area contributed by atoms with Crippen LogP contribution in [0, 0.1) is 5.82 Å². The van der Waals surface area contributed by atoms with Gasteiger partial charge >= 0.3 is 0 Å². The molecule has 1 atom stereocenters. The summed E-state index contributed by atoms with van der Waals surface area (Å²) in [7, 11) is -1.99. The molecule has 2 saturated heterocycles. The number of nitrogens with zero attached hydrogens (tertiary/aromatic N) is 4. The maximum atomic E-state index is 14.2. The lowest BCUT2D eigenvalue weighted by Crippen LogP contribution is -2.47. The molecule has 0 saturated carbocycles. The molecule has 2 aromatic heterocycles. The van der Waals surface area contributed by atoms with Crippen LogP contribution in [0.3, 0.4) is 0 Å². The number of likely N-dealkylation sites (tertiary alicyclic amines) is 1. The summed E-state index contributed by atoms with van der Waals surface area (Å²) in [6.45, 7) is 19.2. The summed E-state index contributed by atoms with van der Waals surface area (Å²) in [6.07, 6.45) is 5.40. The van der Waals surface area contributed by atoms with Gasteiger partial charge in [0.2, 0.25) is 14.2 Å². The summed E-state index contributed by atoms with van der Waals surface area (Å²) < 4.78 is 35.3. The van der Waals surface area contributed by atoms with E-state index in [0.717, 1.165) is 69.3 Å². The third-order valence-electron chi connectivity index (χ3n) is 9.88. The van der Waals surface area contributed by atoms with Crippen LogP contribution in [0.2, 0.25) is 21.6 Å². The van der Waals surface area contributed by atoms with E-state index in [4.69, 9.17) is 35.5 Å². The number of hydrogen-bond donors (Lipinski definition) is 0. The van der Waals surface area contributed by atoms with Crippen LogP contribution >= 0.6 is 11.6 Å². The molecule has 5 rings (SSSR count). The molecular weight excluding hydrogens is 607 g/mol. The standard InChI is InChI=1S/C35H50ClFN4O3Si/c1-24(2)45(25(3)4,26(5)6)44-23-30-19-38-34(41(30)20-31-14-17-42-31)21-40-15-12-27(13-16-40)33-8-7-9-35(39-33)43-22-28-10-11-29(36)18-32(28)37/h7-11,18-19,24-27,31H,12-17,20-23H2,1-6H3/t31-/m0/s1. The number of pyridine rings is 1. The highest BCUT2D eigenvalue weighted by Crippen LogP contribution is 2.43. The van der Waals surface area contributed by atoms with Gasteiger partial charge in [0.15, 0.2) is 0 Å². The van der Waals surface area contributed by atoms with Gasteiger partial charge in [0, 0.05) is 34.9 Å². The van der Waals surface area contributed by atoms with Gasteiger partial charge in [0.1, 0.15) is 18.2 Å². The van der Waals surface area contributed by atoms with E-state index in [1.54, 1.807) is 12.1 Å². The summed E-state index contributed by atoms with van der Waals surface area (Å²) >= 11 is 5.88. The third kappa shape index (κ3) is 7.99. The predicted molar refractivity (Wildman–Crippen MR) is 180 cm³/mol. The van der Waals surface area contributed by atoms with Gasteiger partial charge in [-0.1, -0.05) is 65.3 Å². The van der Waals surface area contributed by atoms with Crippen LogP contribution < -0.4 is 4.74 Å². The minimum absolute atomic E-state index is 0.110. The van der Waals surface area contributed by atoms with Crippen molar-refractivity contribution in [2.45, 2.75) is 116 Å². The van der Waals surface area contributed by atoms with Crippen molar-refractivity contribution in [1.82, 2.24) is 19.4 Å². The van der Waals surface area contributed by atoms with Crippen molar-refractivity contribution in [2.24, 2.45) is 0 Å². The maximum Gasteiger partial charge on any atom is 0.213 e. The van der Waals surface area contributed by atoms with E-state index >= 15 is 0 Å². The van der Waals surface area contributed by atoms with Gasteiger partial charge < -0.3 is 18.5 Å². The average molecular weight is 657 g/mol. The lowest BCUT2D eigenvalue weighted by molar-refractivity contribution is -0.0604. The highest BCUT2D eigenvalue weighted by Gasteiger charge is 2.45. The van der Waals surface area contributed by atoms with E-state index < -0.39 is 8.32 Å². The van der Waals surface area contributed by atoms with Crippen LogP contribution in [0.25, 0.3) is 0 Å². The Kier molecular flexibility index (Phi) is 11.4. The van der Waals surface area contributed by atoms with Crippen LogP contribution in [0.5, 0.6) is 5.88 Å². The predicted octanol–water partition coefficient (Wildman–Crippen LogP) is 8.51. The molecule has 2 aliphatic rings. The first-order valence-electron chi connectivity index (χ1n) is 16.6. The van der Waals surface area contributed by atoms with E-state index in [-0.39, 0.29) is 18.5 Å². The Balaban J connectivity index is 1.21. The second-order valence-corrected chi connectivity index (χ2v) is 19.5. The Hall–Kier alpha value is -2.30. The zero-order valence-corrected chi connectivity index (χ0v) is 29.5. The van der Waals surface area contributed by atoms with Crippen molar-refractivity contribution < 1.29 is 18.3 Å². The Morgan fingerprint density at radius 2 is 1.71 bits per heavy atom. The van der Waals surface area contributed by atoms with Gasteiger partial charge in [-0.3, -0.25) is 4.90 Å². The zero-order valence-electron chi connectivity index (χ0n) is 27.8. The number of piperidine rings is 1. The van der Waals surface area contributed by atoms with Crippen molar-refractivity contribution in [1.29, 1.82) is 0 Å². The first-order chi connectivity index (χ1) is 21.6. The first kappa shape index (κ1) is 34.0. The molecule has 0 unspecified atom stereocenters. The van der Waals surface area contributed by atoms with Gasteiger partial charge in [-0.15, -0.1) is 0 Å². The first-order valence-corrected chi connectivity index (χ1v) is 19.1. The van der Waals surface area contributed by atoms with Crippen LogP contribution in [-0.2, 0) is 35.5 Å². The molecule has 10 heteroatoms. The monoisotopic (exact) mass is 656 g/mol. The van der Waals surface area contributed by atoms with E-state index in [9.17, 15) is 4.39 Å². The minimum atomic E-state index is -1.99. The molecule has 246 valence electrons. The van der Waals surface area contributed by atoms with Crippen molar-refractivity contribution in [3.63, 3.8) is 0 Å². The fourth-order valence-corrected chi connectivity index (χ4v) is 12.9. The molecule has 1 aromatic carbocycles. The molecule has 0 N–H and O–H groups in total. The summed E-state index contributed by atoms with van der Waals surface area (Å²) in [5, 5.41) is 0.371. The Morgan fingerprint density at radius 1 is 1.00 bits per heavy atom. The molecule has 0 spiro atoms. The van der Waals surface area contributed by atoms with Crippen molar-refractivity contribution in [3.05, 3.63) is 76.2 Å². The van der Waals surface area contributed by atoms with Crippen LogP contribution in [-0.4, -0.2) is 53.6 Å². The lowest BCUT2D eigenvalue weighted by Gasteiger charge is -2.42. The van der Waals surface area contributed by atoms with Gasteiger partial charge in [0.25, 0.3) is 0 Å². The highest BCUT2D eigenvalue weighted by atomic mass is 35.5.